The second-order valence-corrected chi connectivity index (χ2v) is 5.04. The molecule has 0 saturated heterocycles. The molecule has 0 bridgehead atoms. The molecule has 0 amide bonds. The van der Waals surface area contributed by atoms with E-state index in [1.54, 1.807) is 11.3 Å². The van der Waals surface area contributed by atoms with Gasteiger partial charge in [0.15, 0.2) is 5.13 Å². The fraction of sp³-hybridized carbons (Fsp3) is 0.667. The van der Waals surface area contributed by atoms with Gasteiger partial charge in [0.2, 0.25) is 0 Å². The van der Waals surface area contributed by atoms with Crippen molar-refractivity contribution >= 4 is 16.5 Å². The van der Waals surface area contributed by atoms with E-state index in [0.717, 1.165) is 10.8 Å². The van der Waals surface area contributed by atoms with Crippen molar-refractivity contribution in [2.75, 3.05) is 5.32 Å². The van der Waals surface area contributed by atoms with Gasteiger partial charge in [0.25, 0.3) is 0 Å². The number of rotatable bonds is 2. The molecule has 3 heteroatoms. The first-order valence-corrected chi connectivity index (χ1v) is 5.14. The first kappa shape index (κ1) is 8.05. The Labute approximate surface area is 77.0 Å². The molecule has 1 saturated carbocycles. The molecule has 1 fully saturated rings. The van der Waals surface area contributed by atoms with E-state index < -0.39 is 0 Å². The number of hydrogen-bond donors (Lipinski definition) is 1. The van der Waals surface area contributed by atoms with Crippen LogP contribution in [0.5, 0.6) is 0 Å². The van der Waals surface area contributed by atoms with E-state index in [1.165, 1.54) is 6.42 Å². The number of nitrogens with one attached hydrogen (secondary N) is 1. The van der Waals surface area contributed by atoms with Crippen molar-refractivity contribution in [2.45, 2.75) is 33.2 Å². The topological polar surface area (TPSA) is 24.9 Å². The Morgan fingerprint density at radius 3 is 2.75 bits per heavy atom. The number of aromatic nitrogens is 1. The van der Waals surface area contributed by atoms with Crippen LogP contribution < -0.4 is 5.32 Å². The standard InChI is InChI=1S/C9H14N2S/c1-6-5-12-8(10-6)11-7-4-9(7,2)3/h5,7H,4H2,1-3H3,(H,10,11). The van der Waals surface area contributed by atoms with Crippen LogP contribution in [0.3, 0.4) is 0 Å². The average Bonchev–Trinajstić information content (AvgIpc) is 2.41. The summed E-state index contributed by atoms with van der Waals surface area (Å²) in [6.07, 6.45) is 1.27. The van der Waals surface area contributed by atoms with E-state index in [4.69, 9.17) is 0 Å². The second kappa shape index (κ2) is 2.46. The molecular weight excluding hydrogens is 168 g/mol. The Balaban J connectivity index is 1.97. The van der Waals surface area contributed by atoms with Gasteiger partial charge in [0.1, 0.15) is 0 Å². The van der Waals surface area contributed by atoms with Crippen molar-refractivity contribution in [3.05, 3.63) is 11.1 Å². The van der Waals surface area contributed by atoms with Crippen molar-refractivity contribution in [1.29, 1.82) is 0 Å². The van der Waals surface area contributed by atoms with Gasteiger partial charge in [-0.1, -0.05) is 13.8 Å². The van der Waals surface area contributed by atoms with Gasteiger partial charge in [0, 0.05) is 11.4 Å². The van der Waals surface area contributed by atoms with E-state index in [2.05, 4.69) is 29.5 Å². The number of anilines is 1. The first-order valence-electron chi connectivity index (χ1n) is 4.26. The normalized spacial score (nSPS) is 25.4. The Morgan fingerprint density at radius 2 is 2.33 bits per heavy atom. The lowest BCUT2D eigenvalue weighted by Crippen LogP contribution is -2.07. The van der Waals surface area contributed by atoms with Crippen LogP contribution in [0.2, 0.25) is 0 Å². The molecule has 1 heterocycles. The van der Waals surface area contributed by atoms with Gasteiger partial charge >= 0.3 is 0 Å². The summed E-state index contributed by atoms with van der Waals surface area (Å²) >= 11 is 1.70. The second-order valence-electron chi connectivity index (χ2n) is 4.18. The summed E-state index contributed by atoms with van der Waals surface area (Å²) in [5.74, 6) is 0. The fourth-order valence-electron chi connectivity index (χ4n) is 1.28. The number of thiazole rings is 1. The molecule has 0 spiro atoms. The molecule has 1 N–H and O–H groups in total. The molecule has 2 nitrogen and oxygen atoms in total. The number of nitrogens with zero attached hydrogens (tertiary/aromatic N) is 1. The molecule has 0 aromatic carbocycles. The van der Waals surface area contributed by atoms with Crippen molar-refractivity contribution in [3.8, 4) is 0 Å². The summed E-state index contributed by atoms with van der Waals surface area (Å²) < 4.78 is 0. The number of hydrogen-bond acceptors (Lipinski definition) is 3. The molecule has 0 aliphatic heterocycles. The summed E-state index contributed by atoms with van der Waals surface area (Å²) in [6.45, 7) is 6.59. The van der Waals surface area contributed by atoms with Crippen LogP contribution in [0.15, 0.2) is 5.38 Å². The van der Waals surface area contributed by atoms with Crippen LogP contribution >= 0.6 is 11.3 Å². The molecule has 1 aliphatic carbocycles. The van der Waals surface area contributed by atoms with Crippen LogP contribution in [-0.2, 0) is 0 Å². The molecule has 66 valence electrons. The van der Waals surface area contributed by atoms with Gasteiger partial charge < -0.3 is 5.32 Å². The Bertz CT molecular complexity index is 290. The quantitative estimate of drug-likeness (QED) is 0.760. The summed E-state index contributed by atoms with van der Waals surface area (Å²) in [5, 5.41) is 6.59. The molecular formula is C9H14N2S. The maximum atomic E-state index is 4.36. The largest absolute Gasteiger partial charge is 0.358 e. The zero-order valence-corrected chi connectivity index (χ0v) is 8.53. The molecule has 0 radical (unpaired) electrons. The van der Waals surface area contributed by atoms with Crippen LogP contribution in [-0.4, -0.2) is 11.0 Å². The van der Waals surface area contributed by atoms with Crippen LogP contribution in [0.4, 0.5) is 5.13 Å². The predicted molar refractivity (Wildman–Crippen MR) is 52.7 cm³/mol. The SMILES string of the molecule is Cc1csc(NC2CC2(C)C)n1. The molecule has 1 unspecified atom stereocenters. The molecule has 2 rings (SSSR count). The van der Waals surface area contributed by atoms with Gasteiger partial charge in [-0.2, -0.15) is 0 Å². The lowest BCUT2D eigenvalue weighted by Gasteiger charge is -2.03. The zero-order valence-electron chi connectivity index (χ0n) is 7.72. The minimum absolute atomic E-state index is 0.486. The average molecular weight is 182 g/mol. The molecule has 1 aromatic heterocycles. The summed E-state index contributed by atoms with van der Waals surface area (Å²) in [6, 6.07) is 0.642. The maximum absolute atomic E-state index is 4.36. The monoisotopic (exact) mass is 182 g/mol. The Hall–Kier alpha value is -0.570. The van der Waals surface area contributed by atoms with Crippen molar-refractivity contribution < 1.29 is 0 Å². The summed E-state index contributed by atoms with van der Waals surface area (Å²) in [7, 11) is 0. The molecule has 1 atom stereocenters. The van der Waals surface area contributed by atoms with E-state index in [9.17, 15) is 0 Å². The van der Waals surface area contributed by atoms with Gasteiger partial charge in [-0.3, -0.25) is 0 Å². The van der Waals surface area contributed by atoms with Crippen molar-refractivity contribution in [1.82, 2.24) is 4.98 Å². The highest BCUT2D eigenvalue weighted by molar-refractivity contribution is 7.13. The van der Waals surface area contributed by atoms with E-state index in [1.807, 2.05) is 6.92 Å². The molecule has 1 aliphatic rings. The predicted octanol–water partition coefficient (Wildman–Crippen LogP) is 2.66. The van der Waals surface area contributed by atoms with Crippen LogP contribution in [0, 0.1) is 12.3 Å². The minimum atomic E-state index is 0.486. The highest BCUT2D eigenvalue weighted by Gasteiger charge is 2.45. The third kappa shape index (κ3) is 1.46. The Morgan fingerprint density at radius 1 is 1.67 bits per heavy atom. The lowest BCUT2D eigenvalue weighted by atomic mass is 10.2. The fourth-order valence-corrected chi connectivity index (χ4v) is 2.02. The maximum Gasteiger partial charge on any atom is 0.183 e. The van der Waals surface area contributed by atoms with Crippen molar-refractivity contribution in [2.24, 2.45) is 5.41 Å². The first-order chi connectivity index (χ1) is 5.58. The highest BCUT2D eigenvalue weighted by Crippen LogP contribution is 2.46. The minimum Gasteiger partial charge on any atom is -0.358 e. The van der Waals surface area contributed by atoms with Gasteiger partial charge in [-0.15, -0.1) is 11.3 Å². The van der Waals surface area contributed by atoms with Gasteiger partial charge in [-0.05, 0) is 18.8 Å². The zero-order chi connectivity index (χ0) is 8.77. The summed E-state index contributed by atoms with van der Waals surface area (Å²) in [4.78, 5) is 4.36. The third-order valence-corrected chi connectivity index (χ3v) is 3.32. The van der Waals surface area contributed by atoms with E-state index in [0.29, 0.717) is 11.5 Å². The van der Waals surface area contributed by atoms with Crippen LogP contribution in [0.1, 0.15) is 26.0 Å². The molecule has 1 aromatic rings. The summed E-state index contributed by atoms with van der Waals surface area (Å²) in [5.41, 5.74) is 1.60. The smallest absolute Gasteiger partial charge is 0.183 e. The molecule has 12 heavy (non-hydrogen) atoms. The van der Waals surface area contributed by atoms with Gasteiger partial charge in [0.05, 0.1) is 5.69 Å². The number of aryl methyl sites for hydroxylation is 1. The highest BCUT2D eigenvalue weighted by atomic mass is 32.1. The Kier molecular flexibility index (Phi) is 1.65. The van der Waals surface area contributed by atoms with Crippen molar-refractivity contribution in [3.63, 3.8) is 0 Å². The lowest BCUT2D eigenvalue weighted by molar-refractivity contribution is 0.630. The van der Waals surface area contributed by atoms with E-state index in [-0.39, 0.29) is 0 Å². The third-order valence-electron chi connectivity index (χ3n) is 2.43. The van der Waals surface area contributed by atoms with E-state index >= 15 is 0 Å². The van der Waals surface area contributed by atoms with Crippen LogP contribution in [0.25, 0.3) is 0 Å². The van der Waals surface area contributed by atoms with Gasteiger partial charge in [-0.25, -0.2) is 4.98 Å².